The molecule has 0 saturated carbocycles. The van der Waals surface area contributed by atoms with E-state index in [1.165, 1.54) is 13.0 Å². The molecule has 0 spiro atoms. The molecule has 1 rings (SSSR count). The van der Waals surface area contributed by atoms with Crippen molar-refractivity contribution in [2.24, 2.45) is 11.0 Å². The summed E-state index contributed by atoms with van der Waals surface area (Å²) in [5.41, 5.74) is 10.7. The van der Waals surface area contributed by atoms with Crippen molar-refractivity contribution >= 4 is 18.5 Å². The fourth-order valence-electron chi connectivity index (χ4n) is 1.05. The van der Waals surface area contributed by atoms with Crippen molar-refractivity contribution < 1.29 is 14.1 Å². The molecule has 0 aromatic heterocycles. The normalized spacial score (nSPS) is 11.1. The molecule has 0 unspecified atom stereocenters. The van der Waals surface area contributed by atoms with Gasteiger partial charge in [-0.15, -0.1) is 0 Å². The van der Waals surface area contributed by atoms with Gasteiger partial charge in [0, 0.05) is 0 Å². The number of nitrogens with two attached hydrogens (primary N) is 2. The first kappa shape index (κ1) is 11.9. The maximum atomic E-state index is 11.5. The van der Waals surface area contributed by atoms with Crippen LogP contribution in [0, 0.1) is 0 Å². The minimum atomic E-state index is -3.35. The molecular weight excluding hydrogens is 215 g/mol. The molecule has 0 amide bonds. The summed E-state index contributed by atoms with van der Waals surface area (Å²) in [5, 5.41) is 0.242. The van der Waals surface area contributed by atoms with Crippen LogP contribution in [0.4, 0.5) is 0 Å². The van der Waals surface area contributed by atoms with E-state index in [0.717, 1.165) is 0 Å². The van der Waals surface area contributed by atoms with Crippen molar-refractivity contribution in [1.82, 2.24) is 0 Å². The van der Waals surface area contributed by atoms with E-state index in [1.807, 2.05) is 0 Å². The van der Waals surface area contributed by atoms with Crippen LogP contribution in [-0.4, -0.2) is 12.4 Å². The van der Waals surface area contributed by atoms with Gasteiger partial charge < -0.3 is 4.74 Å². The first-order valence-corrected chi connectivity index (χ1v) is 6.15. The highest BCUT2D eigenvalue weighted by Crippen LogP contribution is 2.29. The molecule has 0 radical (unpaired) electrons. The summed E-state index contributed by atoms with van der Waals surface area (Å²) in [6.45, 7) is 1.31. The molecule has 6 heteroatoms. The first-order chi connectivity index (χ1) is 6.91. The minimum Gasteiger partial charge on any atom is -0.485 e. The quantitative estimate of drug-likeness (QED) is 0.727. The Morgan fingerprint density at radius 1 is 1.40 bits per heavy atom. The maximum absolute atomic E-state index is 11.5. The lowest BCUT2D eigenvalue weighted by atomic mass is 10.3. The van der Waals surface area contributed by atoms with Gasteiger partial charge in [-0.05, 0) is 19.1 Å². The van der Waals surface area contributed by atoms with Crippen LogP contribution in [0.3, 0.4) is 0 Å². The average Bonchev–Trinajstić information content (AvgIpc) is 2.13. The van der Waals surface area contributed by atoms with E-state index < -0.39 is 7.44 Å². The van der Waals surface area contributed by atoms with Crippen molar-refractivity contribution in [1.29, 1.82) is 0 Å². The van der Waals surface area contributed by atoms with Crippen molar-refractivity contribution in [3.8, 4) is 5.75 Å². The molecule has 0 heterocycles. The van der Waals surface area contributed by atoms with Gasteiger partial charge in [-0.25, -0.2) is 0 Å². The number of Topliss-reactive ketones (excluding diaryl/α,β-unsaturated/α-hetero) is 1. The first-order valence-electron chi connectivity index (χ1n) is 4.30. The second kappa shape index (κ2) is 4.57. The lowest BCUT2D eigenvalue weighted by Gasteiger charge is -2.12. The Morgan fingerprint density at radius 2 is 2.00 bits per heavy atom. The predicted octanol–water partition coefficient (Wildman–Crippen LogP) is 0.390. The summed E-state index contributed by atoms with van der Waals surface area (Å²) in [5.74, 6) is 0.162. The van der Waals surface area contributed by atoms with Crippen LogP contribution >= 0.6 is 7.44 Å². The third-order valence-corrected chi connectivity index (χ3v) is 2.80. The third kappa shape index (κ3) is 3.47. The lowest BCUT2D eigenvalue weighted by Crippen LogP contribution is -2.21. The fraction of sp³-hybridized carbons (Fsp3) is 0.222. The number of ether oxygens (including phenoxy) is 1. The number of carbonyl (C=O) groups is 1. The zero-order valence-corrected chi connectivity index (χ0v) is 9.24. The predicted molar refractivity (Wildman–Crippen MR) is 58.2 cm³/mol. The van der Waals surface area contributed by atoms with Gasteiger partial charge in [0.1, 0.15) is 12.4 Å². The van der Waals surface area contributed by atoms with E-state index in [-0.39, 0.29) is 17.7 Å². The monoisotopic (exact) mass is 228 g/mol. The molecule has 0 aliphatic rings. The SMILES string of the molecule is CC(=O)COc1ccccc1P(N)(N)=O. The van der Waals surface area contributed by atoms with Crippen LogP contribution in [-0.2, 0) is 9.36 Å². The highest BCUT2D eigenvalue weighted by molar-refractivity contribution is 7.67. The highest BCUT2D eigenvalue weighted by Gasteiger charge is 2.18. The number of carbonyl (C=O) groups excluding carboxylic acids is 1. The third-order valence-electron chi connectivity index (χ3n) is 1.67. The van der Waals surface area contributed by atoms with E-state index in [0.29, 0.717) is 5.75 Å². The van der Waals surface area contributed by atoms with Crippen molar-refractivity contribution in [3.05, 3.63) is 24.3 Å². The topological polar surface area (TPSA) is 95.4 Å². The average molecular weight is 228 g/mol. The maximum Gasteiger partial charge on any atom is 0.239 e. The van der Waals surface area contributed by atoms with Crippen LogP contribution in [0.2, 0.25) is 0 Å². The summed E-state index contributed by atoms with van der Waals surface area (Å²) >= 11 is 0. The van der Waals surface area contributed by atoms with E-state index in [2.05, 4.69) is 0 Å². The Hall–Kier alpha value is -1.16. The van der Waals surface area contributed by atoms with E-state index in [4.69, 9.17) is 15.7 Å². The molecule has 0 bridgehead atoms. The Morgan fingerprint density at radius 3 is 2.53 bits per heavy atom. The van der Waals surface area contributed by atoms with Crippen LogP contribution < -0.4 is 21.0 Å². The molecule has 5 nitrogen and oxygen atoms in total. The Balaban J connectivity index is 2.97. The lowest BCUT2D eigenvalue weighted by molar-refractivity contribution is -0.118. The summed E-state index contributed by atoms with van der Waals surface area (Å²) in [6, 6.07) is 6.44. The molecule has 0 aliphatic carbocycles. The van der Waals surface area contributed by atoms with E-state index in [9.17, 15) is 9.36 Å². The summed E-state index contributed by atoms with van der Waals surface area (Å²) < 4.78 is 16.6. The molecule has 0 saturated heterocycles. The summed E-state index contributed by atoms with van der Waals surface area (Å²) in [7, 11) is -3.35. The molecule has 0 atom stereocenters. The zero-order valence-electron chi connectivity index (χ0n) is 8.34. The van der Waals surface area contributed by atoms with Crippen molar-refractivity contribution in [3.63, 3.8) is 0 Å². The number of para-hydroxylation sites is 1. The molecule has 0 aliphatic heterocycles. The standard InChI is InChI=1S/C9H13N2O3P/c1-7(12)6-14-8-4-2-3-5-9(8)15(10,11)13/h2-5H,6H2,1H3,(H4,10,11,13). The van der Waals surface area contributed by atoms with Gasteiger partial charge in [0.05, 0.1) is 5.30 Å². The van der Waals surface area contributed by atoms with Crippen molar-refractivity contribution in [2.75, 3.05) is 6.61 Å². The molecular formula is C9H13N2O3P. The van der Waals surface area contributed by atoms with Gasteiger partial charge in [0.15, 0.2) is 5.78 Å². The van der Waals surface area contributed by atoms with Gasteiger partial charge in [-0.1, -0.05) is 12.1 Å². The number of hydrogen-bond donors (Lipinski definition) is 2. The van der Waals surface area contributed by atoms with Crippen LogP contribution in [0.5, 0.6) is 5.75 Å². The molecule has 1 aromatic carbocycles. The van der Waals surface area contributed by atoms with E-state index in [1.54, 1.807) is 18.2 Å². The Bertz CT molecular complexity index is 414. The van der Waals surface area contributed by atoms with Gasteiger partial charge in [0.2, 0.25) is 7.44 Å². The van der Waals surface area contributed by atoms with Crippen molar-refractivity contribution in [2.45, 2.75) is 6.92 Å². The minimum absolute atomic E-state index is 0.0863. The molecule has 1 aromatic rings. The molecule has 82 valence electrons. The van der Waals surface area contributed by atoms with Crippen LogP contribution in [0.1, 0.15) is 6.92 Å². The number of benzene rings is 1. The molecule has 15 heavy (non-hydrogen) atoms. The summed E-state index contributed by atoms with van der Waals surface area (Å²) in [6.07, 6.45) is 0. The fourth-order valence-corrected chi connectivity index (χ4v) is 1.85. The van der Waals surface area contributed by atoms with Gasteiger partial charge in [0.25, 0.3) is 0 Å². The Labute approximate surface area is 87.9 Å². The van der Waals surface area contributed by atoms with E-state index >= 15 is 0 Å². The highest BCUT2D eigenvalue weighted by atomic mass is 31.2. The number of rotatable bonds is 4. The Kier molecular flexibility index (Phi) is 3.63. The van der Waals surface area contributed by atoms with Gasteiger partial charge >= 0.3 is 0 Å². The van der Waals surface area contributed by atoms with Gasteiger partial charge in [-0.2, -0.15) is 0 Å². The largest absolute Gasteiger partial charge is 0.485 e. The van der Waals surface area contributed by atoms with Crippen LogP contribution in [0.15, 0.2) is 24.3 Å². The summed E-state index contributed by atoms with van der Waals surface area (Å²) in [4.78, 5) is 10.7. The number of ketones is 1. The van der Waals surface area contributed by atoms with Gasteiger partial charge in [-0.3, -0.25) is 20.4 Å². The molecule has 0 fully saturated rings. The molecule has 4 N–H and O–H groups in total. The number of hydrogen-bond acceptors (Lipinski definition) is 3. The smallest absolute Gasteiger partial charge is 0.239 e. The second-order valence-electron chi connectivity index (χ2n) is 3.17. The second-order valence-corrected chi connectivity index (χ2v) is 5.07. The zero-order chi connectivity index (χ0) is 11.5. The van der Waals surface area contributed by atoms with Crippen LogP contribution in [0.25, 0.3) is 0 Å².